The van der Waals surface area contributed by atoms with Crippen molar-refractivity contribution in [2.45, 2.75) is 31.3 Å². The summed E-state index contributed by atoms with van der Waals surface area (Å²) in [6.07, 6.45) is 3.56. The Balaban J connectivity index is 2.61. The van der Waals surface area contributed by atoms with Gasteiger partial charge in [-0.1, -0.05) is 6.07 Å². The number of hydrogen-bond donors (Lipinski definition) is 1. The van der Waals surface area contributed by atoms with Crippen LogP contribution >= 0.6 is 11.8 Å². The molecule has 0 aliphatic heterocycles. The minimum absolute atomic E-state index is 0.675. The van der Waals surface area contributed by atoms with E-state index >= 15 is 0 Å². The van der Waals surface area contributed by atoms with Crippen molar-refractivity contribution < 1.29 is 9.90 Å². The van der Waals surface area contributed by atoms with Gasteiger partial charge in [-0.3, -0.25) is 9.78 Å². The molecular formula is C11H15NO2S. The number of nitrogens with zero attached hydrogens (tertiary/aromatic N) is 1. The third-order valence-corrected chi connectivity index (χ3v) is 3.42. The first-order valence-corrected chi connectivity index (χ1v) is 5.68. The number of aryl methyl sites for hydroxylation is 1. The van der Waals surface area contributed by atoms with Crippen LogP contribution in [-0.2, 0) is 10.5 Å². The summed E-state index contributed by atoms with van der Waals surface area (Å²) in [6.45, 7) is 5.40. The van der Waals surface area contributed by atoms with Crippen molar-refractivity contribution in [2.24, 2.45) is 0 Å². The zero-order chi connectivity index (χ0) is 11.5. The highest BCUT2D eigenvalue weighted by atomic mass is 32.2. The highest BCUT2D eigenvalue weighted by molar-refractivity contribution is 8.00. The largest absolute Gasteiger partial charge is 0.480 e. The van der Waals surface area contributed by atoms with Gasteiger partial charge in [-0.25, -0.2) is 0 Å². The minimum Gasteiger partial charge on any atom is -0.480 e. The van der Waals surface area contributed by atoms with Gasteiger partial charge >= 0.3 is 5.97 Å². The standard InChI is InChI=1S/C11H15NO2S/c1-8-4-9(6-12-5-8)7-15-11(2,3)10(13)14/h4-6H,7H2,1-3H3,(H,13,14). The Bertz CT molecular complexity index is 363. The first-order valence-electron chi connectivity index (χ1n) is 4.70. The summed E-state index contributed by atoms with van der Waals surface area (Å²) in [5.41, 5.74) is 2.16. The fourth-order valence-corrected chi connectivity index (χ4v) is 1.83. The Morgan fingerprint density at radius 2 is 2.20 bits per heavy atom. The topological polar surface area (TPSA) is 50.2 Å². The summed E-state index contributed by atoms with van der Waals surface area (Å²) in [5, 5.41) is 8.94. The van der Waals surface area contributed by atoms with Gasteiger partial charge in [-0.15, -0.1) is 11.8 Å². The number of aliphatic carboxylic acids is 1. The molecular weight excluding hydrogens is 210 g/mol. The Labute approximate surface area is 93.9 Å². The van der Waals surface area contributed by atoms with Crippen molar-refractivity contribution in [1.82, 2.24) is 4.98 Å². The van der Waals surface area contributed by atoms with Gasteiger partial charge in [0.2, 0.25) is 0 Å². The van der Waals surface area contributed by atoms with Gasteiger partial charge in [0, 0.05) is 18.1 Å². The molecule has 4 heteroatoms. The summed E-state index contributed by atoms with van der Waals surface area (Å²) in [4.78, 5) is 14.9. The molecule has 1 N–H and O–H groups in total. The van der Waals surface area contributed by atoms with E-state index in [2.05, 4.69) is 4.98 Å². The van der Waals surface area contributed by atoms with E-state index < -0.39 is 10.7 Å². The summed E-state index contributed by atoms with van der Waals surface area (Å²) in [5.74, 6) is -0.110. The zero-order valence-electron chi connectivity index (χ0n) is 9.15. The number of aromatic nitrogens is 1. The maximum absolute atomic E-state index is 10.9. The lowest BCUT2D eigenvalue weighted by Crippen LogP contribution is -2.27. The smallest absolute Gasteiger partial charge is 0.319 e. The number of hydrogen-bond acceptors (Lipinski definition) is 3. The number of carboxylic acids is 1. The third-order valence-electron chi connectivity index (χ3n) is 2.05. The monoisotopic (exact) mass is 225 g/mol. The first kappa shape index (κ1) is 12.0. The van der Waals surface area contributed by atoms with Gasteiger partial charge in [0.05, 0.1) is 0 Å². The highest BCUT2D eigenvalue weighted by Crippen LogP contribution is 2.28. The van der Waals surface area contributed by atoms with Crippen LogP contribution < -0.4 is 0 Å². The molecule has 1 heterocycles. The van der Waals surface area contributed by atoms with Crippen molar-refractivity contribution in [3.63, 3.8) is 0 Å². The second-order valence-electron chi connectivity index (χ2n) is 3.97. The lowest BCUT2D eigenvalue weighted by atomic mass is 10.2. The predicted octanol–water partition coefficient (Wildman–Crippen LogP) is 2.49. The molecule has 0 amide bonds. The molecule has 1 rings (SSSR count). The molecule has 1 aromatic rings. The number of pyridine rings is 1. The van der Waals surface area contributed by atoms with Crippen LogP contribution in [0, 0.1) is 6.92 Å². The molecule has 0 saturated heterocycles. The maximum atomic E-state index is 10.9. The Hall–Kier alpha value is -1.03. The average Bonchev–Trinajstić information content (AvgIpc) is 2.15. The second kappa shape index (κ2) is 4.66. The number of carboxylic acid groups (broad SMARTS) is 1. The molecule has 0 radical (unpaired) electrons. The number of carbonyl (C=O) groups is 1. The molecule has 0 aliphatic carbocycles. The fourth-order valence-electron chi connectivity index (χ4n) is 1.02. The van der Waals surface area contributed by atoms with Gasteiger partial charge in [-0.05, 0) is 31.9 Å². The third kappa shape index (κ3) is 3.55. The molecule has 0 unspecified atom stereocenters. The second-order valence-corrected chi connectivity index (χ2v) is 5.57. The SMILES string of the molecule is Cc1cncc(CSC(C)(C)C(=O)O)c1. The highest BCUT2D eigenvalue weighted by Gasteiger charge is 2.27. The molecule has 0 fully saturated rings. The van der Waals surface area contributed by atoms with Crippen LogP contribution in [0.2, 0.25) is 0 Å². The van der Waals surface area contributed by atoms with E-state index in [-0.39, 0.29) is 0 Å². The van der Waals surface area contributed by atoms with Gasteiger partial charge in [0.25, 0.3) is 0 Å². The molecule has 0 spiro atoms. The molecule has 0 bridgehead atoms. The van der Waals surface area contributed by atoms with Crippen molar-refractivity contribution in [3.05, 3.63) is 29.6 Å². The van der Waals surface area contributed by atoms with E-state index in [4.69, 9.17) is 5.11 Å². The Morgan fingerprint density at radius 1 is 1.53 bits per heavy atom. The summed E-state index contributed by atoms with van der Waals surface area (Å²) >= 11 is 1.41. The van der Waals surface area contributed by atoms with Crippen LogP contribution in [-0.4, -0.2) is 20.8 Å². The van der Waals surface area contributed by atoms with E-state index in [1.54, 1.807) is 26.2 Å². The molecule has 82 valence electrons. The quantitative estimate of drug-likeness (QED) is 0.855. The Morgan fingerprint density at radius 3 is 2.73 bits per heavy atom. The van der Waals surface area contributed by atoms with Crippen molar-refractivity contribution >= 4 is 17.7 Å². The van der Waals surface area contributed by atoms with Crippen LogP contribution in [0.15, 0.2) is 18.5 Å². The van der Waals surface area contributed by atoms with E-state index in [1.165, 1.54) is 11.8 Å². The summed E-state index contributed by atoms with van der Waals surface area (Å²) in [7, 11) is 0. The number of thioether (sulfide) groups is 1. The van der Waals surface area contributed by atoms with Crippen LogP contribution in [0.5, 0.6) is 0 Å². The predicted molar refractivity (Wildman–Crippen MR) is 62.0 cm³/mol. The molecule has 0 aromatic carbocycles. The van der Waals surface area contributed by atoms with Crippen LogP contribution in [0.3, 0.4) is 0 Å². The van der Waals surface area contributed by atoms with Crippen molar-refractivity contribution in [2.75, 3.05) is 0 Å². The lowest BCUT2D eigenvalue weighted by molar-refractivity contribution is -0.138. The van der Waals surface area contributed by atoms with Gasteiger partial charge in [0.15, 0.2) is 0 Å². The Kier molecular flexibility index (Phi) is 3.74. The minimum atomic E-state index is -0.784. The molecule has 0 atom stereocenters. The normalized spacial score (nSPS) is 11.4. The van der Waals surface area contributed by atoms with Gasteiger partial charge in [-0.2, -0.15) is 0 Å². The van der Waals surface area contributed by atoms with Crippen molar-refractivity contribution in [3.8, 4) is 0 Å². The van der Waals surface area contributed by atoms with E-state index in [1.807, 2.05) is 13.0 Å². The number of rotatable bonds is 4. The van der Waals surface area contributed by atoms with Crippen molar-refractivity contribution in [1.29, 1.82) is 0 Å². The maximum Gasteiger partial charge on any atom is 0.319 e. The van der Waals surface area contributed by atoms with Crippen LogP contribution in [0.1, 0.15) is 25.0 Å². The molecule has 0 saturated carbocycles. The van der Waals surface area contributed by atoms with E-state index in [0.29, 0.717) is 5.75 Å². The summed E-state index contributed by atoms with van der Waals surface area (Å²) in [6, 6.07) is 2.03. The lowest BCUT2D eigenvalue weighted by Gasteiger charge is -2.18. The zero-order valence-corrected chi connectivity index (χ0v) is 9.97. The van der Waals surface area contributed by atoms with Gasteiger partial charge in [0.1, 0.15) is 4.75 Å². The van der Waals surface area contributed by atoms with Crippen LogP contribution in [0.4, 0.5) is 0 Å². The van der Waals surface area contributed by atoms with Gasteiger partial charge < -0.3 is 5.11 Å². The summed E-state index contributed by atoms with van der Waals surface area (Å²) < 4.78 is -0.746. The van der Waals surface area contributed by atoms with E-state index in [9.17, 15) is 4.79 Å². The van der Waals surface area contributed by atoms with Crippen LogP contribution in [0.25, 0.3) is 0 Å². The van der Waals surface area contributed by atoms with E-state index in [0.717, 1.165) is 11.1 Å². The fraction of sp³-hybridized carbons (Fsp3) is 0.455. The first-order chi connectivity index (χ1) is 6.92. The molecule has 15 heavy (non-hydrogen) atoms. The molecule has 3 nitrogen and oxygen atoms in total. The molecule has 1 aromatic heterocycles. The molecule has 0 aliphatic rings. The average molecular weight is 225 g/mol.